The minimum Gasteiger partial charge on any atom is -0.494 e. The first-order valence-electron chi connectivity index (χ1n) is 11.9. The van der Waals surface area contributed by atoms with E-state index in [9.17, 15) is 5.11 Å². The summed E-state index contributed by atoms with van der Waals surface area (Å²) in [5.74, 6) is 0.954. The molecule has 1 atom stereocenters. The Bertz CT molecular complexity index is 657. The van der Waals surface area contributed by atoms with Crippen molar-refractivity contribution in [1.82, 2.24) is 0 Å². The van der Waals surface area contributed by atoms with Gasteiger partial charge in [-0.3, -0.25) is 0 Å². The Kier molecular flexibility index (Phi) is 13.7. The summed E-state index contributed by atoms with van der Waals surface area (Å²) in [4.78, 5) is 0. The molecule has 0 aromatic heterocycles. The van der Waals surface area contributed by atoms with Crippen molar-refractivity contribution in [3.63, 3.8) is 0 Å². The third-order valence-corrected chi connectivity index (χ3v) is 5.28. The van der Waals surface area contributed by atoms with E-state index in [-0.39, 0.29) is 12.7 Å². The van der Waals surface area contributed by atoms with Crippen molar-refractivity contribution in [1.29, 1.82) is 0 Å². The highest BCUT2D eigenvalue weighted by Gasteiger charge is 2.08. The maximum Gasteiger partial charge on any atom is 0.119 e. The van der Waals surface area contributed by atoms with Crippen LogP contribution in [0.5, 0.6) is 5.75 Å². The number of benzene rings is 2. The summed E-state index contributed by atoms with van der Waals surface area (Å²) in [6, 6.07) is 18.4. The zero-order valence-electron chi connectivity index (χ0n) is 19.1. The quantitative estimate of drug-likeness (QED) is 0.298. The summed E-state index contributed by atoms with van der Waals surface area (Å²) in [5.41, 5.74) is 2.38. The van der Waals surface area contributed by atoms with E-state index in [1.165, 1.54) is 37.7 Å². The molecule has 0 heterocycles. The van der Waals surface area contributed by atoms with Gasteiger partial charge in [0.1, 0.15) is 11.9 Å². The zero-order valence-corrected chi connectivity index (χ0v) is 19.1. The van der Waals surface area contributed by atoms with E-state index >= 15 is 0 Å². The molecule has 2 aromatic carbocycles. The van der Waals surface area contributed by atoms with Crippen molar-refractivity contribution < 1.29 is 19.3 Å². The molecule has 0 aliphatic carbocycles. The number of rotatable bonds is 18. The van der Waals surface area contributed by atoms with Gasteiger partial charge in [0.2, 0.25) is 0 Å². The molecule has 0 saturated carbocycles. The van der Waals surface area contributed by atoms with Gasteiger partial charge < -0.3 is 19.3 Å². The van der Waals surface area contributed by atoms with Gasteiger partial charge in [0.25, 0.3) is 0 Å². The highest BCUT2D eigenvalue weighted by Crippen LogP contribution is 2.14. The fourth-order valence-electron chi connectivity index (χ4n) is 3.36. The molecule has 0 bridgehead atoms. The van der Waals surface area contributed by atoms with Crippen molar-refractivity contribution in [3.8, 4) is 5.75 Å². The van der Waals surface area contributed by atoms with E-state index in [0.717, 1.165) is 37.2 Å². The average Bonchev–Trinajstić information content (AvgIpc) is 2.82. The van der Waals surface area contributed by atoms with Crippen LogP contribution in [0.3, 0.4) is 0 Å². The highest BCUT2D eigenvalue weighted by atomic mass is 16.5. The van der Waals surface area contributed by atoms with Crippen LogP contribution < -0.4 is 4.74 Å². The lowest BCUT2D eigenvalue weighted by Gasteiger charge is -2.16. The van der Waals surface area contributed by atoms with E-state index in [1.807, 2.05) is 30.3 Å². The van der Waals surface area contributed by atoms with Crippen LogP contribution in [0.4, 0.5) is 0 Å². The molecule has 0 radical (unpaired) electrons. The van der Waals surface area contributed by atoms with Crippen molar-refractivity contribution in [2.45, 2.75) is 71.0 Å². The normalized spacial score (nSPS) is 12.1. The second kappa shape index (κ2) is 16.8. The maximum absolute atomic E-state index is 9.47. The summed E-state index contributed by atoms with van der Waals surface area (Å²) in [7, 11) is 0. The monoisotopic (exact) mass is 428 g/mol. The SMILES string of the molecule is CCCCCCCCOc1ccc(CCCOC[C@H](CO)OCc2ccccc2)cc1. The van der Waals surface area contributed by atoms with Gasteiger partial charge in [-0.25, -0.2) is 0 Å². The van der Waals surface area contributed by atoms with Gasteiger partial charge in [-0.2, -0.15) is 0 Å². The second-order valence-electron chi connectivity index (χ2n) is 8.04. The van der Waals surface area contributed by atoms with Crippen molar-refractivity contribution in [3.05, 3.63) is 65.7 Å². The fourth-order valence-corrected chi connectivity index (χ4v) is 3.36. The predicted octanol–water partition coefficient (Wildman–Crippen LogP) is 5.95. The molecule has 0 saturated heterocycles. The lowest BCUT2D eigenvalue weighted by Crippen LogP contribution is -2.24. The second-order valence-corrected chi connectivity index (χ2v) is 8.04. The molecule has 1 N–H and O–H groups in total. The Balaban J connectivity index is 1.51. The van der Waals surface area contributed by atoms with E-state index in [2.05, 4.69) is 31.2 Å². The van der Waals surface area contributed by atoms with Crippen LogP contribution in [0.2, 0.25) is 0 Å². The molecule has 0 fully saturated rings. The molecule has 2 rings (SSSR count). The number of hydrogen-bond acceptors (Lipinski definition) is 4. The number of aryl methyl sites for hydroxylation is 1. The summed E-state index contributed by atoms with van der Waals surface area (Å²) in [6.45, 7) is 4.57. The summed E-state index contributed by atoms with van der Waals surface area (Å²) in [5, 5.41) is 9.47. The average molecular weight is 429 g/mol. The first-order chi connectivity index (χ1) is 15.3. The minimum atomic E-state index is -0.289. The predicted molar refractivity (Wildman–Crippen MR) is 127 cm³/mol. The van der Waals surface area contributed by atoms with Crippen LogP contribution in [0.15, 0.2) is 54.6 Å². The van der Waals surface area contributed by atoms with Crippen LogP contribution in [-0.4, -0.2) is 37.6 Å². The summed E-state index contributed by atoms with van der Waals surface area (Å²) in [6.07, 6.45) is 9.30. The topological polar surface area (TPSA) is 47.9 Å². The number of aliphatic hydroxyl groups is 1. The van der Waals surface area contributed by atoms with Gasteiger partial charge in [-0.05, 0) is 42.5 Å². The standard InChI is InChI=1S/C27H40O4/c1-2-3-4-5-6-10-20-30-26-17-15-24(16-18-26)14-11-19-29-23-27(21-28)31-22-25-12-8-7-9-13-25/h7-9,12-13,15-18,27-28H,2-6,10-11,14,19-23H2,1H3/t27-/m0/s1. The maximum atomic E-state index is 9.47. The Hall–Kier alpha value is -1.88. The molecule has 0 amide bonds. The Morgan fingerprint density at radius 3 is 2.26 bits per heavy atom. The van der Waals surface area contributed by atoms with Crippen LogP contribution in [0.25, 0.3) is 0 Å². The van der Waals surface area contributed by atoms with Gasteiger partial charge in [-0.1, -0.05) is 81.5 Å². The van der Waals surface area contributed by atoms with Gasteiger partial charge in [-0.15, -0.1) is 0 Å². The van der Waals surface area contributed by atoms with Crippen molar-refractivity contribution >= 4 is 0 Å². The Labute approximate surface area is 188 Å². The van der Waals surface area contributed by atoms with E-state index < -0.39 is 0 Å². The minimum absolute atomic E-state index is 0.0347. The van der Waals surface area contributed by atoms with Gasteiger partial charge in [0.15, 0.2) is 0 Å². The largest absolute Gasteiger partial charge is 0.494 e. The van der Waals surface area contributed by atoms with Crippen LogP contribution in [0, 0.1) is 0 Å². The molecule has 2 aromatic rings. The zero-order chi connectivity index (χ0) is 22.0. The third kappa shape index (κ3) is 11.9. The lowest BCUT2D eigenvalue weighted by molar-refractivity contribution is -0.0500. The first kappa shape index (κ1) is 25.4. The number of hydrogen-bond donors (Lipinski definition) is 1. The Morgan fingerprint density at radius 2 is 1.52 bits per heavy atom. The molecule has 31 heavy (non-hydrogen) atoms. The molecule has 0 unspecified atom stereocenters. The van der Waals surface area contributed by atoms with Gasteiger partial charge in [0.05, 0.1) is 26.4 Å². The van der Waals surface area contributed by atoms with Crippen LogP contribution in [0.1, 0.15) is 63.0 Å². The third-order valence-electron chi connectivity index (χ3n) is 5.28. The molecular formula is C27H40O4. The summed E-state index contributed by atoms with van der Waals surface area (Å²) < 4.78 is 17.3. The molecule has 4 nitrogen and oxygen atoms in total. The molecule has 0 spiro atoms. The Morgan fingerprint density at radius 1 is 0.774 bits per heavy atom. The van der Waals surface area contributed by atoms with E-state index in [0.29, 0.717) is 19.8 Å². The fraction of sp³-hybridized carbons (Fsp3) is 0.556. The lowest BCUT2D eigenvalue weighted by atomic mass is 10.1. The molecular weight excluding hydrogens is 388 g/mol. The molecule has 0 aliphatic heterocycles. The molecule has 0 aliphatic rings. The van der Waals surface area contributed by atoms with E-state index in [4.69, 9.17) is 14.2 Å². The van der Waals surface area contributed by atoms with Crippen molar-refractivity contribution in [2.75, 3.05) is 26.4 Å². The molecule has 172 valence electrons. The highest BCUT2D eigenvalue weighted by molar-refractivity contribution is 5.27. The smallest absolute Gasteiger partial charge is 0.119 e. The first-order valence-corrected chi connectivity index (χ1v) is 11.9. The summed E-state index contributed by atoms with van der Waals surface area (Å²) >= 11 is 0. The van der Waals surface area contributed by atoms with Gasteiger partial charge in [0, 0.05) is 6.61 Å². The van der Waals surface area contributed by atoms with E-state index in [1.54, 1.807) is 0 Å². The molecule has 4 heteroatoms. The number of ether oxygens (including phenoxy) is 3. The van der Waals surface area contributed by atoms with Crippen molar-refractivity contribution in [2.24, 2.45) is 0 Å². The number of aliphatic hydroxyl groups excluding tert-OH is 1. The number of unbranched alkanes of at least 4 members (excludes halogenated alkanes) is 5. The van der Waals surface area contributed by atoms with Gasteiger partial charge >= 0.3 is 0 Å². The van der Waals surface area contributed by atoms with Crippen LogP contribution >= 0.6 is 0 Å². The van der Waals surface area contributed by atoms with Crippen LogP contribution in [-0.2, 0) is 22.5 Å².